The Balaban J connectivity index is 2.05. The lowest BCUT2D eigenvalue weighted by Crippen LogP contribution is -2.51. The summed E-state index contributed by atoms with van der Waals surface area (Å²) in [5.41, 5.74) is 1.77. The number of hydrogen-bond donors (Lipinski definition) is 1. The molecule has 20 heavy (non-hydrogen) atoms. The topological polar surface area (TPSA) is 52.9 Å². The Bertz CT molecular complexity index is 530. The summed E-state index contributed by atoms with van der Waals surface area (Å²) in [7, 11) is 0. The van der Waals surface area contributed by atoms with Gasteiger partial charge in [-0.2, -0.15) is 5.26 Å². The first kappa shape index (κ1) is 14.6. The van der Waals surface area contributed by atoms with Crippen LogP contribution in [-0.4, -0.2) is 11.4 Å². The molecule has 0 unspecified atom stereocenters. The summed E-state index contributed by atoms with van der Waals surface area (Å²) in [6.07, 6.45) is 3.54. The fraction of sp³-hybridized carbons (Fsp3) is 0.529. The van der Waals surface area contributed by atoms with Crippen LogP contribution >= 0.6 is 0 Å². The fourth-order valence-corrected chi connectivity index (χ4v) is 2.71. The molecule has 1 aliphatic rings. The lowest BCUT2D eigenvalue weighted by atomic mass is 9.78. The van der Waals surface area contributed by atoms with E-state index in [1.54, 1.807) is 0 Å². The first-order chi connectivity index (χ1) is 9.54. The third-order valence-electron chi connectivity index (χ3n) is 3.97. The van der Waals surface area contributed by atoms with Crippen molar-refractivity contribution in [2.24, 2.45) is 5.92 Å². The Hall–Kier alpha value is -1.82. The van der Waals surface area contributed by atoms with Crippen LogP contribution in [0.3, 0.4) is 0 Å². The second-order valence-corrected chi connectivity index (χ2v) is 6.12. The Morgan fingerprint density at radius 2 is 2.10 bits per heavy atom. The minimum absolute atomic E-state index is 0.000342. The number of fused-ring (bicyclic) bond motifs is 1. The van der Waals surface area contributed by atoms with E-state index in [1.165, 1.54) is 11.1 Å². The molecule has 2 rings (SSSR count). The van der Waals surface area contributed by atoms with E-state index in [4.69, 9.17) is 0 Å². The van der Waals surface area contributed by atoms with Crippen molar-refractivity contribution in [3.05, 3.63) is 35.4 Å². The van der Waals surface area contributed by atoms with Crippen LogP contribution in [0.15, 0.2) is 24.3 Å². The first-order valence-electron chi connectivity index (χ1n) is 7.34. The van der Waals surface area contributed by atoms with Gasteiger partial charge in [-0.25, -0.2) is 0 Å². The number of nitrogens with one attached hydrogen (secondary N) is 1. The smallest absolute Gasteiger partial charge is 0.221 e. The molecule has 0 radical (unpaired) electrons. The molecule has 1 amide bonds. The molecule has 0 fully saturated rings. The Morgan fingerprint density at radius 1 is 1.40 bits per heavy atom. The van der Waals surface area contributed by atoms with E-state index in [0.29, 0.717) is 25.2 Å². The van der Waals surface area contributed by atoms with Crippen LogP contribution in [0.2, 0.25) is 0 Å². The number of hydrogen-bond acceptors (Lipinski definition) is 2. The number of amides is 1. The van der Waals surface area contributed by atoms with Gasteiger partial charge in [-0.05, 0) is 36.3 Å². The zero-order valence-electron chi connectivity index (χ0n) is 12.3. The molecule has 0 saturated heterocycles. The highest BCUT2D eigenvalue weighted by atomic mass is 16.1. The minimum atomic E-state index is -0.720. The number of carbonyl (C=O) groups excluding carboxylic acids is 1. The first-order valence-corrected chi connectivity index (χ1v) is 7.34. The molecule has 0 heterocycles. The Kier molecular flexibility index (Phi) is 4.44. The molecule has 106 valence electrons. The van der Waals surface area contributed by atoms with Gasteiger partial charge in [-0.15, -0.1) is 0 Å². The molecular formula is C17H22N2O. The van der Waals surface area contributed by atoms with Crippen LogP contribution < -0.4 is 5.32 Å². The zero-order chi connectivity index (χ0) is 14.6. The Labute approximate surface area is 121 Å². The molecule has 1 atom stereocenters. The van der Waals surface area contributed by atoms with Gasteiger partial charge < -0.3 is 5.32 Å². The van der Waals surface area contributed by atoms with Crippen LogP contribution in [-0.2, 0) is 17.6 Å². The number of nitrogens with zero attached hydrogens (tertiary/aromatic N) is 1. The predicted molar refractivity (Wildman–Crippen MR) is 79.0 cm³/mol. The van der Waals surface area contributed by atoms with Gasteiger partial charge in [0.25, 0.3) is 0 Å². The van der Waals surface area contributed by atoms with Crippen molar-refractivity contribution < 1.29 is 4.79 Å². The summed E-state index contributed by atoms with van der Waals surface area (Å²) < 4.78 is 0. The number of benzene rings is 1. The van der Waals surface area contributed by atoms with Gasteiger partial charge in [-0.3, -0.25) is 4.79 Å². The SMILES string of the molecule is CC(C)CCC(=O)N[C@@]1(C#N)CCc2ccccc2C1. The fourth-order valence-electron chi connectivity index (χ4n) is 2.71. The molecule has 1 aromatic carbocycles. The average Bonchev–Trinajstić information content (AvgIpc) is 2.45. The highest BCUT2D eigenvalue weighted by Gasteiger charge is 2.35. The molecule has 0 aromatic heterocycles. The van der Waals surface area contributed by atoms with Gasteiger partial charge in [0.15, 0.2) is 0 Å². The third kappa shape index (κ3) is 3.39. The normalized spacial score (nSPS) is 21.1. The van der Waals surface area contributed by atoms with E-state index in [0.717, 1.165) is 12.8 Å². The molecule has 1 aliphatic carbocycles. The highest BCUT2D eigenvalue weighted by molar-refractivity contribution is 5.77. The zero-order valence-corrected chi connectivity index (χ0v) is 12.3. The van der Waals surface area contributed by atoms with Crippen molar-refractivity contribution in [1.29, 1.82) is 5.26 Å². The summed E-state index contributed by atoms with van der Waals surface area (Å²) in [4.78, 5) is 12.0. The average molecular weight is 270 g/mol. The third-order valence-corrected chi connectivity index (χ3v) is 3.97. The molecule has 0 saturated carbocycles. The second kappa shape index (κ2) is 6.09. The van der Waals surface area contributed by atoms with Crippen LogP contribution in [0.25, 0.3) is 0 Å². The molecule has 0 aliphatic heterocycles. The summed E-state index contributed by atoms with van der Waals surface area (Å²) in [6, 6.07) is 10.5. The van der Waals surface area contributed by atoms with E-state index < -0.39 is 5.54 Å². The lowest BCUT2D eigenvalue weighted by molar-refractivity contribution is -0.122. The van der Waals surface area contributed by atoms with Crippen molar-refractivity contribution in [3.8, 4) is 6.07 Å². The summed E-state index contributed by atoms with van der Waals surface area (Å²) in [6.45, 7) is 4.20. The van der Waals surface area contributed by atoms with Crippen molar-refractivity contribution in [3.63, 3.8) is 0 Å². The van der Waals surface area contributed by atoms with Crippen molar-refractivity contribution in [2.75, 3.05) is 0 Å². The van der Waals surface area contributed by atoms with Gasteiger partial charge >= 0.3 is 0 Å². The largest absolute Gasteiger partial charge is 0.338 e. The molecule has 0 bridgehead atoms. The van der Waals surface area contributed by atoms with E-state index in [1.807, 2.05) is 12.1 Å². The quantitative estimate of drug-likeness (QED) is 0.914. The van der Waals surface area contributed by atoms with Crippen LogP contribution in [0.5, 0.6) is 0 Å². The van der Waals surface area contributed by atoms with Gasteiger partial charge in [0.1, 0.15) is 5.54 Å². The van der Waals surface area contributed by atoms with Gasteiger partial charge in [-0.1, -0.05) is 38.1 Å². The van der Waals surface area contributed by atoms with E-state index in [9.17, 15) is 10.1 Å². The summed E-state index contributed by atoms with van der Waals surface area (Å²) >= 11 is 0. The molecule has 3 heteroatoms. The minimum Gasteiger partial charge on any atom is -0.338 e. The van der Waals surface area contributed by atoms with Gasteiger partial charge in [0, 0.05) is 12.8 Å². The number of aryl methyl sites for hydroxylation is 1. The van der Waals surface area contributed by atoms with Crippen molar-refractivity contribution in [2.45, 2.75) is 51.5 Å². The van der Waals surface area contributed by atoms with Crippen LogP contribution in [0, 0.1) is 17.2 Å². The number of rotatable bonds is 4. The Morgan fingerprint density at radius 3 is 2.75 bits per heavy atom. The number of nitriles is 1. The molecule has 0 spiro atoms. The standard InChI is InChI=1S/C17H22N2O/c1-13(2)7-8-16(20)19-17(12-18)10-9-14-5-3-4-6-15(14)11-17/h3-6,13H,7-11H2,1-2H3,(H,19,20)/t17-/m0/s1. The summed E-state index contributed by atoms with van der Waals surface area (Å²) in [5.74, 6) is 0.505. The maximum Gasteiger partial charge on any atom is 0.221 e. The van der Waals surface area contributed by atoms with Crippen LogP contribution in [0.4, 0.5) is 0 Å². The number of carbonyl (C=O) groups is 1. The molecule has 3 nitrogen and oxygen atoms in total. The van der Waals surface area contributed by atoms with Crippen LogP contribution in [0.1, 0.15) is 44.2 Å². The maximum atomic E-state index is 12.0. The van der Waals surface area contributed by atoms with E-state index >= 15 is 0 Å². The molecule has 1 N–H and O–H groups in total. The predicted octanol–water partition coefficient (Wildman–Crippen LogP) is 2.99. The van der Waals surface area contributed by atoms with Gasteiger partial charge in [0.05, 0.1) is 6.07 Å². The van der Waals surface area contributed by atoms with E-state index in [-0.39, 0.29) is 5.91 Å². The van der Waals surface area contributed by atoms with Crippen molar-refractivity contribution >= 4 is 5.91 Å². The lowest BCUT2D eigenvalue weighted by Gasteiger charge is -2.33. The van der Waals surface area contributed by atoms with E-state index in [2.05, 4.69) is 37.4 Å². The van der Waals surface area contributed by atoms with Crippen molar-refractivity contribution in [1.82, 2.24) is 5.32 Å². The van der Waals surface area contributed by atoms with Gasteiger partial charge in [0.2, 0.25) is 5.91 Å². The second-order valence-electron chi connectivity index (χ2n) is 6.12. The highest BCUT2D eigenvalue weighted by Crippen LogP contribution is 2.28. The summed E-state index contributed by atoms with van der Waals surface area (Å²) in [5, 5.41) is 12.5. The monoisotopic (exact) mass is 270 g/mol. The molecular weight excluding hydrogens is 248 g/mol. The maximum absolute atomic E-state index is 12.0. The molecule has 1 aromatic rings.